The molecule has 0 aromatic heterocycles. The van der Waals surface area contributed by atoms with Crippen molar-refractivity contribution >= 4 is 27.5 Å². The Bertz CT molecular complexity index is 547. The molecule has 2 unspecified atom stereocenters. The van der Waals surface area contributed by atoms with Crippen LogP contribution in [-0.4, -0.2) is 28.3 Å². The van der Waals surface area contributed by atoms with Crippen LogP contribution in [0.5, 0.6) is 0 Å². The predicted octanol–water partition coefficient (Wildman–Crippen LogP) is 3.62. The lowest BCUT2D eigenvalue weighted by molar-refractivity contribution is -0.385. The Morgan fingerprint density at radius 2 is 2.10 bits per heavy atom. The van der Waals surface area contributed by atoms with E-state index in [4.69, 9.17) is 0 Å². The van der Waals surface area contributed by atoms with Crippen LogP contribution in [0.15, 0.2) is 22.7 Å². The Balaban J connectivity index is 2.33. The van der Waals surface area contributed by atoms with Crippen LogP contribution in [0.1, 0.15) is 37.0 Å². The molecule has 1 saturated heterocycles. The Morgan fingerprint density at radius 1 is 1.40 bits per heavy atom. The molecule has 20 heavy (non-hydrogen) atoms. The Hall–Kier alpha value is -1.43. The lowest BCUT2D eigenvalue weighted by Crippen LogP contribution is -2.45. The maximum absolute atomic E-state index is 12.6. The SMILES string of the molecule is CC1CCC(C)N(C(=O)c2cccc([N+](=O)[O-])c2Br)C1. The van der Waals surface area contributed by atoms with E-state index >= 15 is 0 Å². The fourth-order valence-electron chi connectivity index (χ4n) is 2.55. The summed E-state index contributed by atoms with van der Waals surface area (Å²) in [5, 5.41) is 10.9. The standard InChI is InChI=1S/C14H17BrN2O3/c1-9-6-7-10(2)16(8-9)14(18)11-4-3-5-12(13(11)15)17(19)20/h3-5,9-10H,6-8H2,1-2H3. The summed E-state index contributed by atoms with van der Waals surface area (Å²) in [5.74, 6) is 0.326. The highest BCUT2D eigenvalue weighted by Gasteiger charge is 2.30. The van der Waals surface area contributed by atoms with Crippen molar-refractivity contribution in [1.82, 2.24) is 4.90 Å². The van der Waals surface area contributed by atoms with E-state index in [1.807, 2.05) is 11.8 Å². The Kier molecular flexibility index (Phi) is 4.42. The molecule has 1 amide bonds. The minimum atomic E-state index is -0.483. The average molecular weight is 341 g/mol. The number of halogens is 1. The van der Waals surface area contributed by atoms with Crippen LogP contribution in [0.3, 0.4) is 0 Å². The molecule has 0 spiro atoms. The van der Waals surface area contributed by atoms with E-state index in [9.17, 15) is 14.9 Å². The summed E-state index contributed by atoms with van der Waals surface area (Å²) in [5.41, 5.74) is 0.286. The number of rotatable bonds is 2. The maximum Gasteiger partial charge on any atom is 0.284 e. The van der Waals surface area contributed by atoms with Crippen molar-refractivity contribution in [2.24, 2.45) is 5.92 Å². The first kappa shape index (κ1) is 15.0. The van der Waals surface area contributed by atoms with Crippen molar-refractivity contribution in [3.05, 3.63) is 38.3 Å². The fourth-order valence-corrected chi connectivity index (χ4v) is 3.13. The first-order valence-corrected chi connectivity index (χ1v) is 7.45. The van der Waals surface area contributed by atoms with Crippen molar-refractivity contribution in [2.45, 2.75) is 32.7 Å². The second kappa shape index (κ2) is 5.91. The molecule has 1 aliphatic rings. The number of hydrogen-bond donors (Lipinski definition) is 0. The van der Waals surface area contributed by atoms with Gasteiger partial charge >= 0.3 is 0 Å². The second-order valence-electron chi connectivity index (χ2n) is 5.38. The number of nitro groups is 1. The third-order valence-electron chi connectivity index (χ3n) is 3.78. The number of amides is 1. The van der Waals surface area contributed by atoms with Gasteiger partial charge in [0.05, 0.1) is 10.5 Å². The van der Waals surface area contributed by atoms with Crippen molar-refractivity contribution in [1.29, 1.82) is 0 Å². The molecule has 6 heteroatoms. The van der Waals surface area contributed by atoms with Gasteiger partial charge in [-0.05, 0) is 47.7 Å². The zero-order valence-corrected chi connectivity index (χ0v) is 13.1. The minimum Gasteiger partial charge on any atom is -0.336 e. The van der Waals surface area contributed by atoms with Crippen LogP contribution in [0, 0.1) is 16.0 Å². The summed E-state index contributed by atoms with van der Waals surface area (Å²) < 4.78 is 0.264. The third-order valence-corrected chi connectivity index (χ3v) is 4.62. The first-order valence-electron chi connectivity index (χ1n) is 6.65. The van der Waals surface area contributed by atoms with E-state index in [0.29, 0.717) is 18.0 Å². The quantitative estimate of drug-likeness (QED) is 0.610. The molecule has 0 N–H and O–H groups in total. The number of carbonyl (C=O) groups excluding carboxylic acids is 1. The highest BCUT2D eigenvalue weighted by molar-refractivity contribution is 9.10. The van der Waals surface area contributed by atoms with E-state index in [0.717, 1.165) is 12.8 Å². The van der Waals surface area contributed by atoms with Crippen LogP contribution in [0.25, 0.3) is 0 Å². The van der Waals surface area contributed by atoms with E-state index in [-0.39, 0.29) is 22.1 Å². The number of carbonyl (C=O) groups is 1. The van der Waals surface area contributed by atoms with Gasteiger partial charge in [0.15, 0.2) is 0 Å². The molecule has 1 aliphatic heterocycles. The Morgan fingerprint density at radius 3 is 2.75 bits per heavy atom. The number of piperidine rings is 1. The second-order valence-corrected chi connectivity index (χ2v) is 6.18. The summed E-state index contributed by atoms with van der Waals surface area (Å²) in [7, 11) is 0. The highest BCUT2D eigenvalue weighted by Crippen LogP contribution is 2.31. The summed E-state index contributed by atoms with van der Waals surface area (Å²) in [6.45, 7) is 4.85. The molecular weight excluding hydrogens is 324 g/mol. The van der Waals surface area contributed by atoms with Crippen LogP contribution in [0.4, 0.5) is 5.69 Å². The van der Waals surface area contributed by atoms with Crippen LogP contribution in [-0.2, 0) is 0 Å². The first-order chi connectivity index (χ1) is 9.41. The lowest BCUT2D eigenvalue weighted by atomic mass is 9.94. The number of benzene rings is 1. The molecule has 0 saturated carbocycles. The average Bonchev–Trinajstić information content (AvgIpc) is 2.40. The van der Waals surface area contributed by atoms with Gasteiger partial charge in [0.2, 0.25) is 0 Å². The monoisotopic (exact) mass is 340 g/mol. The smallest absolute Gasteiger partial charge is 0.284 e. The Labute approximate surface area is 126 Å². The van der Waals surface area contributed by atoms with E-state index < -0.39 is 4.92 Å². The molecule has 1 aromatic carbocycles. The van der Waals surface area contributed by atoms with Crippen LogP contribution < -0.4 is 0 Å². The molecule has 1 heterocycles. The maximum atomic E-state index is 12.6. The lowest BCUT2D eigenvalue weighted by Gasteiger charge is -2.37. The van der Waals surface area contributed by atoms with Crippen LogP contribution in [0.2, 0.25) is 0 Å². The van der Waals surface area contributed by atoms with Gasteiger partial charge in [0.1, 0.15) is 4.47 Å². The van der Waals surface area contributed by atoms with Crippen molar-refractivity contribution in [2.75, 3.05) is 6.54 Å². The van der Waals surface area contributed by atoms with Crippen molar-refractivity contribution < 1.29 is 9.72 Å². The largest absolute Gasteiger partial charge is 0.336 e. The van der Waals surface area contributed by atoms with E-state index in [1.54, 1.807) is 12.1 Å². The molecule has 0 radical (unpaired) electrons. The fraction of sp³-hybridized carbons (Fsp3) is 0.500. The zero-order valence-electron chi connectivity index (χ0n) is 11.5. The van der Waals surface area contributed by atoms with Gasteiger partial charge in [-0.25, -0.2) is 0 Å². The van der Waals surface area contributed by atoms with Crippen molar-refractivity contribution in [3.8, 4) is 0 Å². The van der Waals surface area contributed by atoms with Gasteiger partial charge in [-0.15, -0.1) is 0 Å². The number of nitro benzene ring substituents is 1. The van der Waals surface area contributed by atoms with Gasteiger partial charge in [-0.3, -0.25) is 14.9 Å². The highest BCUT2D eigenvalue weighted by atomic mass is 79.9. The predicted molar refractivity (Wildman–Crippen MR) is 79.7 cm³/mol. The van der Waals surface area contributed by atoms with Gasteiger partial charge < -0.3 is 4.90 Å². The minimum absolute atomic E-state index is 0.0754. The van der Waals surface area contributed by atoms with Gasteiger partial charge in [0.25, 0.3) is 11.6 Å². The molecule has 1 aromatic rings. The third kappa shape index (κ3) is 2.85. The summed E-state index contributed by atoms with van der Waals surface area (Å²) in [4.78, 5) is 24.9. The van der Waals surface area contributed by atoms with Crippen molar-refractivity contribution in [3.63, 3.8) is 0 Å². The number of likely N-dealkylation sites (tertiary alicyclic amines) is 1. The summed E-state index contributed by atoms with van der Waals surface area (Å²) in [6.07, 6.45) is 2.08. The molecule has 108 valence electrons. The van der Waals surface area contributed by atoms with Gasteiger partial charge in [0, 0.05) is 18.7 Å². The normalized spacial score (nSPS) is 22.6. The van der Waals surface area contributed by atoms with Gasteiger partial charge in [-0.1, -0.05) is 13.0 Å². The number of nitrogens with zero attached hydrogens (tertiary/aromatic N) is 2. The van der Waals surface area contributed by atoms with E-state index in [2.05, 4.69) is 22.9 Å². The zero-order chi connectivity index (χ0) is 14.9. The molecule has 1 fully saturated rings. The molecule has 0 bridgehead atoms. The molecule has 2 atom stereocenters. The molecular formula is C14H17BrN2O3. The number of hydrogen-bond acceptors (Lipinski definition) is 3. The molecule has 0 aliphatic carbocycles. The van der Waals surface area contributed by atoms with E-state index in [1.165, 1.54) is 6.07 Å². The summed E-state index contributed by atoms with van der Waals surface area (Å²) in [6, 6.07) is 4.74. The molecule has 5 nitrogen and oxygen atoms in total. The van der Waals surface area contributed by atoms with Gasteiger partial charge in [-0.2, -0.15) is 0 Å². The molecule has 2 rings (SSSR count). The van der Waals surface area contributed by atoms with Crippen LogP contribution >= 0.6 is 15.9 Å². The topological polar surface area (TPSA) is 63.5 Å². The summed E-state index contributed by atoms with van der Waals surface area (Å²) >= 11 is 3.19.